The molecule has 0 amide bonds. The summed E-state index contributed by atoms with van der Waals surface area (Å²) in [5.41, 5.74) is -0.406. The highest BCUT2D eigenvalue weighted by Crippen LogP contribution is 2.22. The van der Waals surface area contributed by atoms with E-state index in [9.17, 15) is 18.0 Å². The molecular formula is C7H6ClF3N2O2. The number of hydrogen-bond acceptors (Lipinski definition) is 3. The van der Waals surface area contributed by atoms with Gasteiger partial charge >= 0.3 is 12.1 Å². The number of carbonyl (C=O) groups is 1. The lowest BCUT2D eigenvalue weighted by Crippen LogP contribution is -2.22. The van der Waals surface area contributed by atoms with E-state index in [2.05, 4.69) is 9.84 Å². The van der Waals surface area contributed by atoms with Crippen LogP contribution in [-0.4, -0.2) is 29.0 Å². The summed E-state index contributed by atoms with van der Waals surface area (Å²) in [5.74, 6) is -0.957. The minimum Gasteiger partial charge on any atom is -0.464 e. The second-order valence-electron chi connectivity index (χ2n) is 2.61. The van der Waals surface area contributed by atoms with Crippen LogP contribution in [-0.2, 0) is 11.3 Å². The maximum absolute atomic E-state index is 12.0. The van der Waals surface area contributed by atoms with E-state index in [1.165, 1.54) is 0 Å². The van der Waals surface area contributed by atoms with E-state index in [0.717, 1.165) is 13.3 Å². The molecule has 0 aliphatic heterocycles. The summed E-state index contributed by atoms with van der Waals surface area (Å²) < 4.78 is 40.9. The van der Waals surface area contributed by atoms with Gasteiger partial charge in [0.15, 0.2) is 5.69 Å². The molecule has 1 heterocycles. The summed E-state index contributed by atoms with van der Waals surface area (Å²) in [4.78, 5) is 11.1. The topological polar surface area (TPSA) is 44.1 Å². The summed E-state index contributed by atoms with van der Waals surface area (Å²) in [7, 11) is 1.05. The average Bonchev–Trinajstić information content (AvgIpc) is 2.43. The third kappa shape index (κ3) is 2.85. The van der Waals surface area contributed by atoms with E-state index >= 15 is 0 Å². The number of aromatic nitrogens is 2. The van der Waals surface area contributed by atoms with Crippen LogP contribution >= 0.6 is 11.6 Å². The van der Waals surface area contributed by atoms with Crippen molar-refractivity contribution >= 4 is 17.6 Å². The molecule has 15 heavy (non-hydrogen) atoms. The van der Waals surface area contributed by atoms with Crippen LogP contribution in [0.15, 0.2) is 6.20 Å². The number of halogens is 4. The fraction of sp³-hybridized carbons (Fsp3) is 0.429. The van der Waals surface area contributed by atoms with Crippen LogP contribution in [0, 0.1) is 0 Å². The molecule has 0 aliphatic carbocycles. The number of esters is 1. The number of methoxy groups -OCH3 is 1. The Morgan fingerprint density at radius 3 is 2.73 bits per heavy atom. The Morgan fingerprint density at radius 1 is 1.67 bits per heavy atom. The zero-order chi connectivity index (χ0) is 11.6. The fourth-order valence-corrected chi connectivity index (χ4v) is 1.17. The highest BCUT2D eigenvalue weighted by Gasteiger charge is 2.31. The Morgan fingerprint density at radius 2 is 2.27 bits per heavy atom. The number of ether oxygens (including phenoxy) is 1. The second-order valence-corrected chi connectivity index (χ2v) is 3.01. The molecular weight excluding hydrogens is 237 g/mol. The normalized spacial score (nSPS) is 11.5. The monoisotopic (exact) mass is 242 g/mol. The molecule has 0 saturated carbocycles. The van der Waals surface area contributed by atoms with E-state index in [1.807, 2.05) is 0 Å². The zero-order valence-electron chi connectivity index (χ0n) is 7.51. The average molecular weight is 243 g/mol. The lowest BCUT2D eigenvalue weighted by atomic mass is 10.4. The molecule has 84 valence electrons. The van der Waals surface area contributed by atoms with E-state index in [0.29, 0.717) is 4.68 Å². The molecule has 0 atom stereocenters. The minimum atomic E-state index is -4.47. The third-order valence-corrected chi connectivity index (χ3v) is 1.78. The Kier molecular flexibility index (Phi) is 3.23. The van der Waals surface area contributed by atoms with Gasteiger partial charge in [0.1, 0.15) is 6.54 Å². The Hall–Kier alpha value is -1.24. The molecule has 0 unspecified atom stereocenters. The van der Waals surface area contributed by atoms with Gasteiger partial charge < -0.3 is 4.74 Å². The predicted molar refractivity (Wildman–Crippen MR) is 44.6 cm³/mol. The van der Waals surface area contributed by atoms with E-state index < -0.39 is 24.4 Å². The smallest absolute Gasteiger partial charge is 0.408 e. The standard InChI is InChI=1S/C7H6ClF3N2O2/c1-15-6(14)5-4(8)2-12-13(5)3-7(9,10)11/h2H,3H2,1H3. The Balaban J connectivity index is 3.04. The maximum Gasteiger partial charge on any atom is 0.408 e. The Labute approximate surface area is 87.6 Å². The summed E-state index contributed by atoms with van der Waals surface area (Å²) in [6.45, 7) is -1.38. The first-order chi connectivity index (χ1) is 6.85. The molecule has 0 radical (unpaired) electrons. The van der Waals surface area contributed by atoms with Crippen molar-refractivity contribution in [2.24, 2.45) is 0 Å². The number of hydrogen-bond donors (Lipinski definition) is 0. The van der Waals surface area contributed by atoms with Crippen LogP contribution in [0.5, 0.6) is 0 Å². The molecule has 1 rings (SSSR count). The van der Waals surface area contributed by atoms with Crippen LogP contribution < -0.4 is 0 Å². The first-order valence-corrected chi connectivity index (χ1v) is 4.09. The van der Waals surface area contributed by atoms with Crippen molar-refractivity contribution in [1.82, 2.24) is 9.78 Å². The van der Waals surface area contributed by atoms with Crippen LogP contribution in [0.25, 0.3) is 0 Å². The van der Waals surface area contributed by atoms with Crippen LogP contribution in [0.2, 0.25) is 5.02 Å². The molecule has 0 saturated heterocycles. The lowest BCUT2D eigenvalue weighted by Gasteiger charge is -2.08. The molecule has 1 aromatic heterocycles. The van der Waals surface area contributed by atoms with Crippen molar-refractivity contribution in [3.8, 4) is 0 Å². The van der Waals surface area contributed by atoms with Gasteiger partial charge in [0.2, 0.25) is 0 Å². The van der Waals surface area contributed by atoms with Crippen molar-refractivity contribution in [2.75, 3.05) is 7.11 Å². The summed E-state index contributed by atoms with van der Waals surface area (Å²) in [6, 6.07) is 0. The van der Waals surface area contributed by atoms with E-state index in [-0.39, 0.29) is 5.02 Å². The number of rotatable bonds is 2. The largest absolute Gasteiger partial charge is 0.464 e. The number of nitrogens with zero attached hydrogens (tertiary/aromatic N) is 2. The van der Waals surface area contributed by atoms with Gasteiger partial charge in [-0.3, -0.25) is 0 Å². The molecule has 0 fully saturated rings. The summed E-state index contributed by atoms with van der Waals surface area (Å²) in [5, 5.41) is 3.16. The molecule has 0 N–H and O–H groups in total. The van der Waals surface area contributed by atoms with E-state index in [1.54, 1.807) is 0 Å². The SMILES string of the molecule is COC(=O)c1c(Cl)cnn1CC(F)(F)F. The molecule has 0 bridgehead atoms. The van der Waals surface area contributed by atoms with Crippen LogP contribution in [0.3, 0.4) is 0 Å². The first-order valence-electron chi connectivity index (χ1n) is 3.71. The second kappa shape index (κ2) is 4.09. The van der Waals surface area contributed by atoms with Gasteiger partial charge in [-0.25, -0.2) is 9.48 Å². The zero-order valence-corrected chi connectivity index (χ0v) is 8.26. The van der Waals surface area contributed by atoms with Crippen molar-refractivity contribution in [2.45, 2.75) is 12.7 Å². The summed E-state index contributed by atoms with van der Waals surface area (Å²) in [6.07, 6.45) is -3.52. The maximum atomic E-state index is 12.0. The first kappa shape index (κ1) is 11.8. The van der Waals surface area contributed by atoms with Gasteiger partial charge in [-0.2, -0.15) is 18.3 Å². The fourth-order valence-electron chi connectivity index (χ4n) is 0.952. The van der Waals surface area contributed by atoms with Gasteiger partial charge in [0, 0.05) is 0 Å². The molecule has 0 aromatic carbocycles. The van der Waals surface area contributed by atoms with Crippen molar-refractivity contribution in [1.29, 1.82) is 0 Å². The third-order valence-electron chi connectivity index (χ3n) is 1.50. The Bertz CT molecular complexity index is 375. The molecule has 8 heteroatoms. The predicted octanol–water partition coefficient (Wildman–Crippen LogP) is 1.89. The summed E-state index contributed by atoms with van der Waals surface area (Å²) >= 11 is 5.50. The van der Waals surface area contributed by atoms with E-state index in [4.69, 9.17) is 11.6 Å². The van der Waals surface area contributed by atoms with Crippen molar-refractivity contribution in [3.05, 3.63) is 16.9 Å². The molecule has 0 aliphatic rings. The van der Waals surface area contributed by atoms with Crippen molar-refractivity contribution in [3.63, 3.8) is 0 Å². The minimum absolute atomic E-state index is 0.175. The van der Waals surface area contributed by atoms with Gasteiger partial charge in [0.25, 0.3) is 0 Å². The van der Waals surface area contributed by atoms with Crippen LogP contribution in [0.4, 0.5) is 13.2 Å². The highest BCUT2D eigenvalue weighted by molar-refractivity contribution is 6.33. The molecule has 1 aromatic rings. The lowest BCUT2D eigenvalue weighted by molar-refractivity contribution is -0.142. The highest BCUT2D eigenvalue weighted by atomic mass is 35.5. The van der Waals surface area contributed by atoms with Gasteiger partial charge in [-0.1, -0.05) is 11.6 Å². The molecule has 0 spiro atoms. The quantitative estimate of drug-likeness (QED) is 0.744. The molecule has 4 nitrogen and oxygen atoms in total. The van der Waals surface area contributed by atoms with Crippen LogP contribution in [0.1, 0.15) is 10.5 Å². The van der Waals surface area contributed by atoms with Gasteiger partial charge in [-0.15, -0.1) is 0 Å². The van der Waals surface area contributed by atoms with Crippen molar-refractivity contribution < 1.29 is 22.7 Å². The number of alkyl halides is 3. The van der Waals surface area contributed by atoms with Gasteiger partial charge in [-0.05, 0) is 0 Å². The number of carbonyl (C=O) groups excluding carboxylic acids is 1. The van der Waals surface area contributed by atoms with Gasteiger partial charge in [0.05, 0.1) is 18.3 Å².